The highest BCUT2D eigenvalue weighted by molar-refractivity contribution is 5.97. The van der Waals surface area contributed by atoms with E-state index in [0.717, 1.165) is 63.1 Å². The van der Waals surface area contributed by atoms with Gasteiger partial charge in [-0.1, -0.05) is 0 Å². The normalized spacial score (nSPS) is 25.2. The zero-order chi connectivity index (χ0) is 19.6. The number of carbonyl (C=O) groups excluding carboxylic acids is 1. The van der Waals surface area contributed by atoms with Crippen LogP contribution in [-0.4, -0.2) is 84.8 Å². The molecule has 7 nitrogen and oxygen atoms in total. The third-order valence-corrected chi connectivity index (χ3v) is 6.03. The highest BCUT2D eigenvalue weighted by atomic mass is 16.5. The van der Waals surface area contributed by atoms with Crippen molar-refractivity contribution >= 4 is 16.9 Å². The van der Waals surface area contributed by atoms with E-state index in [-0.39, 0.29) is 11.5 Å². The van der Waals surface area contributed by atoms with Crippen LogP contribution >= 0.6 is 0 Å². The number of imidazole rings is 1. The van der Waals surface area contributed by atoms with E-state index in [1.54, 1.807) is 13.4 Å². The van der Waals surface area contributed by atoms with Crippen LogP contribution in [0.2, 0.25) is 0 Å². The Morgan fingerprint density at radius 2 is 2.39 bits per heavy atom. The highest BCUT2D eigenvalue weighted by Gasteiger charge is 2.44. The third kappa shape index (κ3) is 4.06. The average molecular weight is 386 g/mol. The highest BCUT2D eigenvalue weighted by Crippen LogP contribution is 2.38. The molecule has 2 aliphatic rings. The Labute approximate surface area is 166 Å². The first-order valence-electron chi connectivity index (χ1n) is 10.1. The third-order valence-electron chi connectivity index (χ3n) is 6.03. The largest absolute Gasteiger partial charge is 0.383 e. The van der Waals surface area contributed by atoms with Gasteiger partial charge in [-0.2, -0.15) is 0 Å². The zero-order valence-electron chi connectivity index (χ0n) is 16.8. The number of aromatic nitrogens is 2. The van der Waals surface area contributed by atoms with Crippen LogP contribution in [0, 0.1) is 5.92 Å². The number of aromatic amines is 1. The van der Waals surface area contributed by atoms with Crippen molar-refractivity contribution in [3.8, 4) is 0 Å². The van der Waals surface area contributed by atoms with Crippen LogP contribution in [0.3, 0.4) is 0 Å². The lowest BCUT2D eigenvalue weighted by atomic mass is 9.86. The molecule has 2 aliphatic heterocycles. The second kappa shape index (κ2) is 8.19. The van der Waals surface area contributed by atoms with Crippen molar-refractivity contribution in [3.63, 3.8) is 0 Å². The maximum atomic E-state index is 13.1. The Morgan fingerprint density at radius 3 is 3.25 bits per heavy atom. The van der Waals surface area contributed by atoms with Crippen LogP contribution in [0.4, 0.5) is 0 Å². The molecule has 1 amide bonds. The summed E-state index contributed by atoms with van der Waals surface area (Å²) in [7, 11) is 3.87. The number of hydrogen-bond acceptors (Lipinski definition) is 5. The van der Waals surface area contributed by atoms with Gasteiger partial charge in [-0.15, -0.1) is 0 Å². The molecule has 3 heterocycles. The Bertz CT molecular complexity index is 823. The fraction of sp³-hybridized carbons (Fsp3) is 0.619. The zero-order valence-corrected chi connectivity index (χ0v) is 16.8. The number of nitrogens with zero attached hydrogens (tertiary/aromatic N) is 3. The first-order valence-corrected chi connectivity index (χ1v) is 10.1. The van der Waals surface area contributed by atoms with Gasteiger partial charge in [-0.3, -0.25) is 4.79 Å². The molecule has 0 radical (unpaired) electrons. The summed E-state index contributed by atoms with van der Waals surface area (Å²) in [4.78, 5) is 24.7. The molecule has 2 atom stereocenters. The van der Waals surface area contributed by atoms with Crippen LogP contribution < -0.4 is 0 Å². The van der Waals surface area contributed by atoms with Gasteiger partial charge in [0.2, 0.25) is 0 Å². The SMILES string of the molecule is COCCN(C)C[C@H]1CO[C@@]2(CCCN(C(=O)c3ccc4nc[nH]c4c3)C2)C1. The molecule has 1 aromatic heterocycles. The molecule has 0 unspecified atom stereocenters. The number of methoxy groups -OCH3 is 1. The number of hydrogen-bond donors (Lipinski definition) is 1. The molecule has 2 aromatic rings. The van der Waals surface area contributed by atoms with Crippen LogP contribution in [0.5, 0.6) is 0 Å². The lowest BCUT2D eigenvalue weighted by Gasteiger charge is -2.40. The molecule has 4 rings (SSSR count). The molecule has 0 aliphatic carbocycles. The van der Waals surface area contributed by atoms with Gasteiger partial charge in [0.15, 0.2) is 0 Å². The van der Waals surface area contributed by atoms with E-state index in [1.807, 2.05) is 23.1 Å². The predicted octanol–water partition coefficient (Wildman–Crippen LogP) is 2.15. The first-order chi connectivity index (χ1) is 13.6. The number of ether oxygens (including phenoxy) is 2. The number of fused-ring (bicyclic) bond motifs is 1. The molecule has 1 N–H and O–H groups in total. The number of likely N-dealkylation sites (N-methyl/N-ethyl adjacent to an activating group) is 1. The van der Waals surface area contributed by atoms with E-state index in [4.69, 9.17) is 9.47 Å². The Morgan fingerprint density at radius 1 is 1.50 bits per heavy atom. The standard InChI is InChI=1S/C21H30N4O3/c1-24(8-9-27-2)12-16-11-21(28-13-16)6-3-7-25(14-21)20(26)17-4-5-18-19(10-17)23-15-22-18/h4-5,10,15-16H,3,6-9,11-14H2,1-2H3,(H,22,23)/t16-,21-/m0/s1. The van der Waals surface area contributed by atoms with E-state index < -0.39 is 0 Å². The van der Waals surface area contributed by atoms with Crippen molar-refractivity contribution in [2.24, 2.45) is 5.92 Å². The molecule has 0 saturated carbocycles. The Balaban J connectivity index is 1.39. The van der Waals surface area contributed by atoms with E-state index in [1.165, 1.54) is 0 Å². The van der Waals surface area contributed by atoms with Crippen LogP contribution in [0.25, 0.3) is 11.0 Å². The molecule has 1 spiro atoms. The molecule has 2 fully saturated rings. The molecule has 0 bridgehead atoms. The number of H-pyrrole nitrogens is 1. The van der Waals surface area contributed by atoms with Gasteiger partial charge < -0.3 is 24.3 Å². The van der Waals surface area contributed by atoms with Gasteiger partial charge in [-0.25, -0.2) is 4.98 Å². The number of rotatable bonds is 6. The minimum Gasteiger partial charge on any atom is -0.383 e. The first kappa shape index (κ1) is 19.4. The fourth-order valence-corrected chi connectivity index (χ4v) is 4.64. The van der Waals surface area contributed by atoms with Crippen molar-refractivity contribution in [3.05, 3.63) is 30.1 Å². The molecule has 2 saturated heterocycles. The lowest BCUT2D eigenvalue weighted by molar-refractivity contribution is -0.0450. The lowest BCUT2D eigenvalue weighted by Crippen LogP contribution is -2.50. The number of piperidine rings is 1. The quantitative estimate of drug-likeness (QED) is 0.824. The summed E-state index contributed by atoms with van der Waals surface area (Å²) in [6.07, 6.45) is 4.71. The van der Waals surface area contributed by atoms with E-state index in [2.05, 4.69) is 21.9 Å². The van der Waals surface area contributed by atoms with Gasteiger partial charge in [-0.05, 0) is 50.4 Å². The number of likely N-dealkylation sites (tertiary alicyclic amines) is 1. The second-order valence-electron chi connectivity index (χ2n) is 8.28. The van der Waals surface area contributed by atoms with Gasteiger partial charge in [0.1, 0.15) is 0 Å². The minimum absolute atomic E-state index is 0.0832. The Kier molecular flexibility index (Phi) is 5.66. The molecular formula is C21H30N4O3. The number of benzene rings is 1. The summed E-state index contributed by atoms with van der Waals surface area (Å²) in [5.74, 6) is 0.595. The maximum Gasteiger partial charge on any atom is 0.254 e. The van der Waals surface area contributed by atoms with E-state index >= 15 is 0 Å². The smallest absolute Gasteiger partial charge is 0.254 e. The van der Waals surface area contributed by atoms with Gasteiger partial charge in [0, 0.05) is 38.9 Å². The predicted molar refractivity (Wildman–Crippen MR) is 107 cm³/mol. The maximum absolute atomic E-state index is 13.1. The van der Waals surface area contributed by atoms with E-state index in [9.17, 15) is 4.79 Å². The molecular weight excluding hydrogens is 356 g/mol. The monoisotopic (exact) mass is 386 g/mol. The summed E-state index contributed by atoms with van der Waals surface area (Å²) >= 11 is 0. The second-order valence-corrected chi connectivity index (χ2v) is 8.28. The van der Waals surface area contributed by atoms with Crippen molar-refractivity contribution in [2.45, 2.75) is 24.9 Å². The summed E-state index contributed by atoms with van der Waals surface area (Å²) in [5, 5.41) is 0. The van der Waals surface area contributed by atoms with Crippen LogP contribution in [0.15, 0.2) is 24.5 Å². The summed E-state index contributed by atoms with van der Waals surface area (Å²) < 4.78 is 11.5. The fourth-order valence-electron chi connectivity index (χ4n) is 4.64. The minimum atomic E-state index is -0.182. The summed E-state index contributed by atoms with van der Waals surface area (Å²) in [6.45, 7) is 4.95. The van der Waals surface area contributed by atoms with Crippen molar-refractivity contribution in [1.82, 2.24) is 19.8 Å². The molecule has 28 heavy (non-hydrogen) atoms. The van der Waals surface area contributed by atoms with E-state index in [0.29, 0.717) is 18.0 Å². The van der Waals surface area contributed by atoms with Gasteiger partial charge in [0.25, 0.3) is 5.91 Å². The number of nitrogens with one attached hydrogen (secondary N) is 1. The van der Waals surface area contributed by atoms with Crippen LogP contribution in [0.1, 0.15) is 29.6 Å². The van der Waals surface area contributed by atoms with Gasteiger partial charge >= 0.3 is 0 Å². The molecule has 7 heteroatoms. The number of amides is 1. The van der Waals surface area contributed by atoms with Crippen molar-refractivity contribution in [1.29, 1.82) is 0 Å². The molecule has 152 valence electrons. The van der Waals surface area contributed by atoms with Crippen molar-refractivity contribution < 1.29 is 14.3 Å². The summed E-state index contributed by atoms with van der Waals surface area (Å²) in [5.41, 5.74) is 2.31. The molecule has 1 aromatic carbocycles. The summed E-state index contributed by atoms with van der Waals surface area (Å²) in [6, 6.07) is 5.67. The van der Waals surface area contributed by atoms with Crippen molar-refractivity contribution in [2.75, 3.05) is 53.6 Å². The Hall–Kier alpha value is -1.96. The topological polar surface area (TPSA) is 70.7 Å². The van der Waals surface area contributed by atoms with Crippen LogP contribution in [-0.2, 0) is 9.47 Å². The average Bonchev–Trinajstić information content (AvgIpc) is 3.32. The number of carbonyl (C=O) groups is 1. The van der Waals surface area contributed by atoms with Gasteiger partial charge in [0.05, 0.1) is 36.2 Å².